The minimum atomic E-state index is -0.384. The Hall–Kier alpha value is -3.42. The van der Waals surface area contributed by atoms with E-state index in [1.165, 1.54) is 4.90 Å². The fourth-order valence-electron chi connectivity index (χ4n) is 3.34. The number of nitrogens with one attached hydrogen (secondary N) is 1. The van der Waals surface area contributed by atoms with Crippen LogP contribution < -0.4 is 10.1 Å². The first kappa shape index (κ1) is 17.0. The normalized spacial score (nSPS) is 19.3. The van der Waals surface area contributed by atoms with Crippen LogP contribution in [0.25, 0.3) is 0 Å². The van der Waals surface area contributed by atoms with Crippen LogP contribution in [0.1, 0.15) is 16.8 Å². The molecule has 4 rings (SSSR count). The number of carbonyl (C=O) groups excluding carboxylic acids is 3. The lowest BCUT2D eigenvalue weighted by atomic mass is 10.2. The van der Waals surface area contributed by atoms with Gasteiger partial charge in [0.05, 0.1) is 12.6 Å². The second-order valence-corrected chi connectivity index (χ2v) is 6.41. The van der Waals surface area contributed by atoms with Gasteiger partial charge in [0.25, 0.3) is 5.91 Å². The van der Waals surface area contributed by atoms with Crippen molar-refractivity contribution in [2.24, 2.45) is 0 Å². The lowest BCUT2D eigenvalue weighted by Crippen LogP contribution is -2.42. The van der Waals surface area contributed by atoms with Crippen LogP contribution in [0.5, 0.6) is 11.6 Å². The Bertz CT molecular complexity index is 870. The van der Waals surface area contributed by atoms with Crippen LogP contribution in [0, 0.1) is 0 Å². The summed E-state index contributed by atoms with van der Waals surface area (Å²) in [5.41, 5.74) is 0.487. The molecule has 1 N–H and O–H groups in total. The van der Waals surface area contributed by atoms with Crippen LogP contribution >= 0.6 is 0 Å². The van der Waals surface area contributed by atoms with E-state index in [1.54, 1.807) is 47.5 Å². The van der Waals surface area contributed by atoms with E-state index in [-0.39, 0.29) is 30.4 Å². The van der Waals surface area contributed by atoms with Crippen LogP contribution in [0.15, 0.2) is 48.7 Å². The van der Waals surface area contributed by atoms with Crippen molar-refractivity contribution in [1.82, 2.24) is 20.1 Å². The first-order chi connectivity index (χ1) is 13.1. The van der Waals surface area contributed by atoms with Crippen molar-refractivity contribution in [1.29, 1.82) is 0 Å². The summed E-state index contributed by atoms with van der Waals surface area (Å²) >= 11 is 0. The molecule has 8 heteroatoms. The number of hydrogen-bond donors (Lipinski definition) is 1. The van der Waals surface area contributed by atoms with Gasteiger partial charge in [0.1, 0.15) is 5.75 Å². The number of urea groups is 1. The number of amides is 4. The Labute approximate surface area is 155 Å². The van der Waals surface area contributed by atoms with Crippen molar-refractivity contribution in [3.63, 3.8) is 0 Å². The van der Waals surface area contributed by atoms with Crippen molar-refractivity contribution in [2.45, 2.75) is 12.5 Å². The van der Waals surface area contributed by atoms with Gasteiger partial charge in [-0.1, -0.05) is 12.1 Å². The van der Waals surface area contributed by atoms with Gasteiger partial charge in [-0.25, -0.2) is 9.78 Å². The molecule has 2 saturated heterocycles. The molecule has 0 bridgehead atoms. The zero-order chi connectivity index (χ0) is 18.8. The zero-order valence-electron chi connectivity index (χ0n) is 14.5. The highest BCUT2D eigenvalue weighted by atomic mass is 16.5. The third-order valence-electron chi connectivity index (χ3n) is 4.64. The summed E-state index contributed by atoms with van der Waals surface area (Å²) in [5.74, 6) is 0.562. The number of pyridine rings is 1. The topological polar surface area (TPSA) is 91.8 Å². The highest BCUT2D eigenvalue weighted by Crippen LogP contribution is 2.23. The molecule has 1 atom stereocenters. The number of carbonyl (C=O) groups is 3. The fourth-order valence-corrected chi connectivity index (χ4v) is 3.34. The molecule has 0 spiro atoms. The van der Waals surface area contributed by atoms with Crippen molar-refractivity contribution < 1.29 is 19.1 Å². The van der Waals surface area contributed by atoms with Crippen molar-refractivity contribution in [2.75, 3.05) is 19.6 Å². The van der Waals surface area contributed by atoms with E-state index in [0.29, 0.717) is 36.7 Å². The average molecular weight is 366 g/mol. The largest absolute Gasteiger partial charge is 0.439 e. The van der Waals surface area contributed by atoms with E-state index in [4.69, 9.17) is 4.74 Å². The van der Waals surface area contributed by atoms with Gasteiger partial charge in [0.2, 0.25) is 11.8 Å². The van der Waals surface area contributed by atoms with Gasteiger partial charge in [0.15, 0.2) is 0 Å². The van der Waals surface area contributed by atoms with Gasteiger partial charge in [-0.3, -0.25) is 14.5 Å². The third kappa shape index (κ3) is 3.46. The fraction of sp³-hybridized carbons (Fsp3) is 0.263. The number of aromatic nitrogens is 1. The van der Waals surface area contributed by atoms with Crippen molar-refractivity contribution >= 4 is 17.8 Å². The third-order valence-corrected chi connectivity index (χ3v) is 4.64. The molecular weight excluding hydrogens is 348 g/mol. The second-order valence-electron chi connectivity index (χ2n) is 6.41. The molecule has 3 heterocycles. The lowest BCUT2D eigenvalue weighted by molar-refractivity contribution is -0.126. The summed E-state index contributed by atoms with van der Waals surface area (Å²) in [6.45, 7) is 0.853. The molecule has 0 radical (unpaired) electrons. The van der Waals surface area contributed by atoms with Gasteiger partial charge in [0, 0.05) is 30.9 Å². The standard InChI is InChI=1S/C19H18N4O4/c24-17-11-21-19(26)23(17)14-7-9-22(12-14)18(25)13-4-3-5-15(10-13)27-16-6-1-2-8-20-16/h1-6,8,10,14H,7,9,11-12H2,(H,21,26). The molecular formula is C19H18N4O4. The summed E-state index contributed by atoms with van der Waals surface area (Å²) < 4.78 is 5.67. The number of benzene rings is 1. The summed E-state index contributed by atoms with van der Waals surface area (Å²) in [4.78, 5) is 43.5. The summed E-state index contributed by atoms with van der Waals surface area (Å²) in [6, 6.07) is 11.6. The molecule has 138 valence electrons. The molecule has 0 saturated carbocycles. The molecule has 1 aromatic carbocycles. The Morgan fingerprint density at radius 2 is 2.07 bits per heavy atom. The van der Waals surface area contributed by atoms with E-state index in [0.717, 1.165) is 0 Å². The molecule has 2 aromatic rings. The van der Waals surface area contributed by atoms with Crippen molar-refractivity contribution in [3.8, 4) is 11.6 Å². The summed E-state index contributed by atoms with van der Waals surface area (Å²) in [6.07, 6.45) is 2.21. The summed E-state index contributed by atoms with van der Waals surface area (Å²) in [7, 11) is 0. The van der Waals surface area contributed by atoms with Gasteiger partial charge in [-0.2, -0.15) is 0 Å². The molecule has 1 aromatic heterocycles. The van der Waals surface area contributed by atoms with Gasteiger partial charge in [-0.05, 0) is 30.7 Å². The minimum absolute atomic E-state index is 0.0240. The van der Waals surface area contributed by atoms with Crippen LogP contribution in [-0.2, 0) is 4.79 Å². The number of ether oxygens (including phenoxy) is 1. The van der Waals surface area contributed by atoms with E-state index in [9.17, 15) is 14.4 Å². The molecule has 1 unspecified atom stereocenters. The maximum atomic E-state index is 12.8. The average Bonchev–Trinajstić information content (AvgIpc) is 3.28. The summed E-state index contributed by atoms with van der Waals surface area (Å²) in [5, 5.41) is 2.51. The molecule has 0 aliphatic carbocycles. The van der Waals surface area contributed by atoms with Crippen LogP contribution in [-0.4, -0.2) is 58.3 Å². The van der Waals surface area contributed by atoms with Gasteiger partial charge >= 0.3 is 6.03 Å². The Morgan fingerprint density at radius 3 is 2.81 bits per heavy atom. The van der Waals surface area contributed by atoms with E-state index in [1.807, 2.05) is 6.07 Å². The number of likely N-dealkylation sites (tertiary alicyclic amines) is 1. The van der Waals surface area contributed by atoms with Crippen LogP contribution in [0.2, 0.25) is 0 Å². The Morgan fingerprint density at radius 1 is 1.19 bits per heavy atom. The number of imide groups is 1. The number of hydrogen-bond acceptors (Lipinski definition) is 5. The molecule has 2 aliphatic rings. The monoisotopic (exact) mass is 366 g/mol. The predicted molar refractivity (Wildman–Crippen MR) is 95.3 cm³/mol. The van der Waals surface area contributed by atoms with Crippen LogP contribution in [0.4, 0.5) is 4.79 Å². The molecule has 8 nitrogen and oxygen atoms in total. The molecule has 27 heavy (non-hydrogen) atoms. The Balaban J connectivity index is 1.45. The zero-order valence-corrected chi connectivity index (χ0v) is 14.5. The highest BCUT2D eigenvalue weighted by Gasteiger charge is 2.39. The number of nitrogens with zero attached hydrogens (tertiary/aromatic N) is 3. The SMILES string of the molecule is O=C(c1cccc(Oc2ccccn2)c1)N1CCC(N2C(=O)CNC2=O)C1. The van der Waals surface area contributed by atoms with Crippen LogP contribution in [0.3, 0.4) is 0 Å². The maximum Gasteiger partial charge on any atom is 0.324 e. The van der Waals surface area contributed by atoms with Crippen molar-refractivity contribution in [3.05, 3.63) is 54.2 Å². The van der Waals surface area contributed by atoms with Gasteiger partial charge in [-0.15, -0.1) is 0 Å². The van der Waals surface area contributed by atoms with E-state index >= 15 is 0 Å². The maximum absolute atomic E-state index is 12.8. The molecule has 2 aliphatic heterocycles. The highest BCUT2D eigenvalue weighted by molar-refractivity contribution is 6.02. The van der Waals surface area contributed by atoms with Gasteiger partial charge < -0.3 is 15.0 Å². The first-order valence-electron chi connectivity index (χ1n) is 8.70. The lowest BCUT2D eigenvalue weighted by Gasteiger charge is -2.21. The Kier molecular flexibility index (Phi) is 4.45. The predicted octanol–water partition coefficient (Wildman–Crippen LogP) is 1.64. The molecule has 4 amide bonds. The van der Waals surface area contributed by atoms with E-state index in [2.05, 4.69) is 10.3 Å². The second kappa shape index (κ2) is 7.06. The smallest absolute Gasteiger partial charge is 0.324 e. The minimum Gasteiger partial charge on any atom is -0.439 e. The molecule has 2 fully saturated rings. The quantitative estimate of drug-likeness (QED) is 0.831. The number of rotatable bonds is 4. The van der Waals surface area contributed by atoms with E-state index < -0.39 is 0 Å². The first-order valence-corrected chi connectivity index (χ1v) is 8.70.